The summed E-state index contributed by atoms with van der Waals surface area (Å²) in [6, 6.07) is 12.8. The van der Waals surface area contributed by atoms with E-state index < -0.39 is 27.0 Å². The van der Waals surface area contributed by atoms with Crippen LogP contribution in [0.25, 0.3) is 11.1 Å². The van der Waals surface area contributed by atoms with Crippen LogP contribution >= 0.6 is 0 Å². The fraction of sp³-hybridized carbons (Fsp3) is 0.381. The molecular weight excluding hydrogens is 393 g/mol. The van der Waals surface area contributed by atoms with Crippen LogP contribution < -0.4 is 15.6 Å². The van der Waals surface area contributed by atoms with E-state index in [1.165, 1.54) is 6.07 Å². The minimum absolute atomic E-state index is 0.197. The lowest BCUT2D eigenvalue weighted by Crippen LogP contribution is -2.51. The van der Waals surface area contributed by atoms with E-state index in [0.29, 0.717) is 24.0 Å². The van der Waals surface area contributed by atoms with Crippen LogP contribution in [0.2, 0.25) is 0 Å². The van der Waals surface area contributed by atoms with Crippen molar-refractivity contribution in [3.8, 4) is 11.1 Å². The average Bonchev–Trinajstić information content (AvgIpc) is 3.06. The first-order chi connectivity index (χ1) is 13.8. The molecule has 3 N–H and O–H groups in total. The summed E-state index contributed by atoms with van der Waals surface area (Å²) in [7, 11) is -3.74. The molecule has 2 saturated heterocycles. The van der Waals surface area contributed by atoms with E-state index >= 15 is 0 Å². The number of amides is 1. The van der Waals surface area contributed by atoms with Crippen LogP contribution in [0.4, 0.5) is 4.39 Å². The summed E-state index contributed by atoms with van der Waals surface area (Å²) in [4.78, 5) is 14.8. The monoisotopic (exact) mass is 417 g/mol. The van der Waals surface area contributed by atoms with Crippen molar-refractivity contribution in [2.75, 3.05) is 0 Å². The molecule has 0 spiro atoms. The first kappa shape index (κ1) is 20.0. The van der Waals surface area contributed by atoms with Gasteiger partial charge in [-0.1, -0.05) is 30.3 Å². The van der Waals surface area contributed by atoms with Gasteiger partial charge in [0, 0.05) is 12.1 Å². The molecule has 2 aliphatic heterocycles. The molecule has 2 aromatic rings. The number of halogens is 1. The molecule has 154 valence electrons. The van der Waals surface area contributed by atoms with Crippen LogP contribution in [0.1, 0.15) is 41.6 Å². The number of piperidine rings is 1. The highest BCUT2D eigenvalue weighted by molar-refractivity contribution is 7.90. The predicted octanol–water partition coefficient (Wildman–Crippen LogP) is 2.65. The highest BCUT2D eigenvalue weighted by Crippen LogP contribution is 2.30. The molecule has 2 heterocycles. The van der Waals surface area contributed by atoms with Gasteiger partial charge in [-0.05, 0) is 61.4 Å². The lowest BCUT2D eigenvalue weighted by atomic mass is 9.99. The maximum atomic E-state index is 14.6. The molecule has 0 radical (unpaired) electrons. The van der Waals surface area contributed by atoms with Gasteiger partial charge in [0.1, 0.15) is 5.82 Å². The van der Waals surface area contributed by atoms with Crippen LogP contribution in [0.15, 0.2) is 42.5 Å². The number of sulfonamides is 1. The molecule has 4 rings (SSSR count). The largest absolute Gasteiger partial charge is 0.311 e. The molecule has 0 aromatic heterocycles. The Morgan fingerprint density at radius 2 is 1.72 bits per heavy atom. The Balaban J connectivity index is 1.50. The molecule has 0 saturated carbocycles. The van der Waals surface area contributed by atoms with Crippen molar-refractivity contribution in [2.24, 2.45) is 0 Å². The zero-order valence-electron chi connectivity index (χ0n) is 16.1. The Hall–Kier alpha value is -2.29. The average molecular weight is 418 g/mol. The highest BCUT2D eigenvalue weighted by atomic mass is 32.2. The number of aryl methyl sites for hydroxylation is 1. The zero-order valence-corrected chi connectivity index (χ0v) is 16.9. The van der Waals surface area contributed by atoms with Crippen LogP contribution in [-0.2, 0) is 10.0 Å². The molecule has 0 aliphatic carbocycles. The number of fused-ring (bicyclic) bond motifs is 2. The second-order valence-electron chi connectivity index (χ2n) is 7.85. The summed E-state index contributed by atoms with van der Waals surface area (Å²) < 4.78 is 39.9. The molecule has 8 heteroatoms. The number of nitrogens with one attached hydrogen (secondary N) is 3. The minimum Gasteiger partial charge on any atom is -0.311 e. The standard InChI is InChI=1S/C21H24FN3O3S/c1-13-9-15(14-5-3-2-4-6-14)10-19(20(13)22)21(26)24-25-29(27,28)18-11-16-7-8-17(12-18)23-16/h2-6,9-10,16-18,23,25H,7-8,11-12H2,1H3,(H,24,26). The molecule has 1 amide bonds. The summed E-state index contributed by atoms with van der Waals surface area (Å²) in [6.45, 7) is 1.58. The maximum absolute atomic E-state index is 14.6. The smallest absolute Gasteiger partial charge is 0.269 e. The Bertz CT molecular complexity index is 1010. The fourth-order valence-electron chi connectivity index (χ4n) is 4.26. The second-order valence-corrected chi connectivity index (χ2v) is 9.81. The molecule has 29 heavy (non-hydrogen) atoms. The van der Waals surface area contributed by atoms with Gasteiger partial charge in [-0.2, -0.15) is 0 Å². The van der Waals surface area contributed by atoms with E-state index in [1.807, 2.05) is 30.3 Å². The van der Waals surface area contributed by atoms with Crippen molar-refractivity contribution in [3.05, 3.63) is 59.4 Å². The highest BCUT2D eigenvalue weighted by Gasteiger charge is 2.39. The van der Waals surface area contributed by atoms with Gasteiger partial charge < -0.3 is 5.32 Å². The van der Waals surface area contributed by atoms with Crippen molar-refractivity contribution in [1.29, 1.82) is 0 Å². The molecule has 2 bridgehead atoms. The van der Waals surface area contributed by atoms with E-state index in [1.54, 1.807) is 13.0 Å². The number of carbonyl (C=O) groups is 1. The third kappa shape index (κ3) is 4.19. The van der Waals surface area contributed by atoms with E-state index in [9.17, 15) is 17.6 Å². The van der Waals surface area contributed by atoms with E-state index in [4.69, 9.17) is 0 Å². The van der Waals surface area contributed by atoms with Crippen LogP contribution in [0.3, 0.4) is 0 Å². The van der Waals surface area contributed by atoms with Crippen molar-refractivity contribution in [2.45, 2.75) is 49.9 Å². The number of hydrogen-bond donors (Lipinski definition) is 3. The molecular formula is C21H24FN3O3S. The quantitative estimate of drug-likeness (QED) is 0.653. The summed E-state index contributed by atoms with van der Waals surface area (Å²) in [5, 5.41) is 2.82. The summed E-state index contributed by atoms with van der Waals surface area (Å²) in [5.74, 6) is -1.48. The van der Waals surface area contributed by atoms with Gasteiger partial charge in [-0.25, -0.2) is 12.8 Å². The van der Waals surface area contributed by atoms with Gasteiger partial charge in [0.2, 0.25) is 10.0 Å². The minimum atomic E-state index is -3.74. The number of rotatable bonds is 5. The Morgan fingerprint density at radius 3 is 2.38 bits per heavy atom. The van der Waals surface area contributed by atoms with E-state index in [0.717, 1.165) is 18.4 Å². The summed E-state index contributed by atoms with van der Waals surface area (Å²) in [5.41, 5.74) is 3.84. The zero-order chi connectivity index (χ0) is 20.6. The maximum Gasteiger partial charge on any atom is 0.269 e. The molecule has 2 atom stereocenters. The molecule has 2 fully saturated rings. The van der Waals surface area contributed by atoms with Crippen molar-refractivity contribution >= 4 is 15.9 Å². The Labute approximate surface area is 169 Å². The van der Waals surface area contributed by atoms with Gasteiger partial charge in [0.05, 0.1) is 10.8 Å². The first-order valence-electron chi connectivity index (χ1n) is 9.76. The SMILES string of the molecule is Cc1cc(-c2ccccc2)cc(C(=O)NNS(=O)(=O)C2CC3CCC(C2)N3)c1F. The van der Waals surface area contributed by atoms with E-state index in [-0.39, 0.29) is 17.6 Å². The van der Waals surface area contributed by atoms with Gasteiger partial charge in [0.15, 0.2) is 0 Å². The molecule has 2 unspecified atom stereocenters. The van der Waals surface area contributed by atoms with Gasteiger partial charge in [0.25, 0.3) is 5.91 Å². The fourth-order valence-corrected chi connectivity index (χ4v) is 5.63. The molecule has 2 aliphatic rings. The van der Waals surface area contributed by atoms with Crippen molar-refractivity contribution in [3.63, 3.8) is 0 Å². The van der Waals surface area contributed by atoms with Gasteiger partial charge in [-0.15, -0.1) is 4.83 Å². The molecule has 6 nitrogen and oxygen atoms in total. The van der Waals surface area contributed by atoms with Gasteiger partial charge in [-0.3, -0.25) is 10.2 Å². The third-order valence-electron chi connectivity index (χ3n) is 5.78. The normalized spacial score (nSPS) is 23.7. The number of hydrazine groups is 1. The van der Waals surface area contributed by atoms with E-state index in [2.05, 4.69) is 15.6 Å². The third-order valence-corrected chi connectivity index (χ3v) is 7.43. The Morgan fingerprint density at radius 1 is 1.07 bits per heavy atom. The summed E-state index contributed by atoms with van der Waals surface area (Å²) >= 11 is 0. The number of hydrogen-bond acceptors (Lipinski definition) is 4. The summed E-state index contributed by atoms with van der Waals surface area (Å²) in [6.07, 6.45) is 2.97. The van der Waals surface area contributed by atoms with Crippen molar-refractivity contribution in [1.82, 2.24) is 15.6 Å². The van der Waals surface area contributed by atoms with Crippen molar-refractivity contribution < 1.29 is 17.6 Å². The lowest BCUT2D eigenvalue weighted by molar-refractivity contribution is 0.0940. The number of carbonyl (C=O) groups excluding carboxylic acids is 1. The topological polar surface area (TPSA) is 87.3 Å². The Kier molecular flexibility index (Phi) is 5.42. The second kappa shape index (κ2) is 7.85. The first-order valence-corrected chi connectivity index (χ1v) is 11.3. The lowest BCUT2D eigenvalue weighted by Gasteiger charge is -2.28. The van der Waals surface area contributed by atoms with Crippen LogP contribution in [0, 0.1) is 12.7 Å². The molecule has 2 aromatic carbocycles. The van der Waals surface area contributed by atoms with Gasteiger partial charge >= 0.3 is 0 Å². The van der Waals surface area contributed by atoms with Crippen LogP contribution in [-0.4, -0.2) is 31.7 Å². The van der Waals surface area contributed by atoms with Crippen LogP contribution in [0.5, 0.6) is 0 Å². The predicted molar refractivity (Wildman–Crippen MR) is 109 cm³/mol. The number of benzene rings is 2.